The number of carbonyl (C=O) groups is 4. The maximum Gasteiger partial charge on any atom is 0.343 e. The molecular weight excluding hydrogens is 506 g/mol. The van der Waals surface area contributed by atoms with Gasteiger partial charge >= 0.3 is 12.0 Å². The lowest BCUT2D eigenvalue weighted by Crippen LogP contribution is -2.43. The van der Waals surface area contributed by atoms with Crippen molar-refractivity contribution in [3.8, 4) is 0 Å². The highest BCUT2D eigenvalue weighted by molar-refractivity contribution is 8.00. The molecule has 0 spiro atoms. The minimum absolute atomic E-state index is 0.0571. The summed E-state index contributed by atoms with van der Waals surface area (Å²) in [5.74, 6) is 0.526. The van der Waals surface area contributed by atoms with E-state index in [4.69, 9.17) is 4.74 Å². The van der Waals surface area contributed by atoms with E-state index >= 15 is 0 Å². The third-order valence-corrected chi connectivity index (χ3v) is 7.94. The van der Waals surface area contributed by atoms with E-state index in [2.05, 4.69) is 21.3 Å². The van der Waals surface area contributed by atoms with Crippen molar-refractivity contribution >= 4 is 35.6 Å². The molecule has 4 N–H and O–H groups in total. The van der Waals surface area contributed by atoms with Crippen LogP contribution in [0.4, 0.5) is 4.79 Å². The van der Waals surface area contributed by atoms with E-state index in [-0.39, 0.29) is 36.5 Å². The predicted octanol–water partition coefficient (Wildman–Crippen LogP) is 2.31. The Morgan fingerprint density at radius 3 is 2.45 bits per heavy atom. The highest BCUT2D eigenvalue weighted by Gasteiger charge is 2.42. The quantitative estimate of drug-likeness (QED) is 0.115. The maximum absolute atomic E-state index is 12.1. The van der Waals surface area contributed by atoms with Gasteiger partial charge in [-0.05, 0) is 31.7 Å². The van der Waals surface area contributed by atoms with Gasteiger partial charge in [0.05, 0.1) is 19.2 Å². The normalized spacial score (nSPS) is 19.3. The number of esters is 1. The number of carbonyl (C=O) groups excluding carboxylic acids is 4. The number of pyridine rings is 1. The summed E-state index contributed by atoms with van der Waals surface area (Å²) in [5, 5.41) is 12.3. The molecule has 0 aliphatic carbocycles. The number of urea groups is 1. The maximum atomic E-state index is 12.1. The highest BCUT2D eigenvalue weighted by atomic mass is 32.2. The summed E-state index contributed by atoms with van der Waals surface area (Å²) < 4.78 is 6.35. The van der Waals surface area contributed by atoms with Crippen molar-refractivity contribution in [3.05, 3.63) is 30.1 Å². The topological polar surface area (TPSA) is 130 Å². The molecule has 11 heteroatoms. The smallest absolute Gasteiger partial charge is 0.343 e. The summed E-state index contributed by atoms with van der Waals surface area (Å²) >= 11 is 1.91. The zero-order valence-electron chi connectivity index (χ0n) is 22.9. The Labute approximate surface area is 230 Å². The molecule has 2 saturated heterocycles. The number of ether oxygens (including phenoxy) is 1. The van der Waals surface area contributed by atoms with E-state index in [1.54, 1.807) is 29.1 Å². The lowest BCUT2D eigenvalue weighted by atomic mass is 10.0. The molecule has 1 aromatic heterocycles. The van der Waals surface area contributed by atoms with Crippen LogP contribution < -0.4 is 25.8 Å². The Morgan fingerprint density at radius 1 is 1.03 bits per heavy atom. The Hall–Kier alpha value is -2.82. The number of aromatic nitrogens is 1. The molecule has 3 rings (SSSR count). The number of fused-ring (bicyclic) bond motifs is 1. The first-order valence-electron chi connectivity index (χ1n) is 13.8. The first kappa shape index (κ1) is 31.4. The fourth-order valence-corrected chi connectivity index (χ4v) is 6.05. The Morgan fingerprint density at radius 2 is 1.74 bits per heavy atom. The number of nitrogens with zero attached hydrogens (tertiary/aromatic N) is 1. The lowest BCUT2D eigenvalue weighted by Gasteiger charge is -2.16. The van der Waals surface area contributed by atoms with E-state index in [1.807, 2.05) is 25.6 Å². The monoisotopic (exact) mass is 550 g/mol. The minimum atomic E-state index is -0.434. The van der Waals surface area contributed by atoms with E-state index in [9.17, 15) is 19.2 Å². The molecule has 2 fully saturated rings. The molecule has 3 atom stereocenters. The lowest BCUT2D eigenvalue weighted by molar-refractivity contribution is -0.684. The molecule has 0 saturated carbocycles. The summed E-state index contributed by atoms with van der Waals surface area (Å²) in [6.07, 6.45) is 10.5. The summed E-state index contributed by atoms with van der Waals surface area (Å²) in [7, 11) is 1.32. The van der Waals surface area contributed by atoms with Crippen molar-refractivity contribution in [1.82, 2.24) is 21.3 Å². The zero-order chi connectivity index (χ0) is 27.8. The van der Waals surface area contributed by atoms with E-state index in [0.717, 1.165) is 50.7 Å². The molecule has 38 heavy (non-hydrogen) atoms. The van der Waals surface area contributed by atoms with Crippen LogP contribution in [0.1, 0.15) is 75.6 Å². The average molecular weight is 551 g/mol. The van der Waals surface area contributed by atoms with Gasteiger partial charge in [-0.15, -0.1) is 0 Å². The predicted molar refractivity (Wildman–Crippen MR) is 148 cm³/mol. The SMILES string of the molecule is CC.COC(=O)c1ccc[n+](CC(=O)NCCCCCCNC(=O)CCCC[C@@H]2SCC3NC(=O)NC32)c1. The second kappa shape index (κ2) is 17.6. The van der Waals surface area contributed by atoms with E-state index in [1.165, 1.54) is 7.11 Å². The third-order valence-electron chi connectivity index (χ3n) is 6.43. The van der Waals surface area contributed by atoms with E-state index in [0.29, 0.717) is 30.3 Å². The first-order chi connectivity index (χ1) is 18.5. The van der Waals surface area contributed by atoms with Crippen LogP contribution in [0.15, 0.2) is 24.5 Å². The van der Waals surface area contributed by atoms with Crippen LogP contribution >= 0.6 is 11.8 Å². The van der Waals surface area contributed by atoms with Gasteiger partial charge in [-0.25, -0.2) is 9.59 Å². The van der Waals surface area contributed by atoms with Crippen LogP contribution in [0.25, 0.3) is 0 Å². The number of nitrogens with one attached hydrogen (secondary N) is 4. The van der Waals surface area contributed by atoms with Crippen molar-refractivity contribution < 1.29 is 28.5 Å². The van der Waals surface area contributed by atoms with Gasteiger partial charge in [0, 0.05) is 36.6 Å². The van der Waals surface area contributed by atoms with Crippen molar-refractivity contribution in [2.45, 2.75) is 89.1 Å². The molecular formula is C27H44N5O5S+. The fourth-order valence-electron chi connectivity index (χ4n) is 4.50. The fraction of sp³-hybridized carbons (Fsp3) is 0.667. The molecule has 4 amide bonds. The number of amides is 4. The highest BCUT2D eigenvalue weighted by Crippen LogP contribution is 2.33. The molecule has 212 valence electrons. The minimum Gasteiger partial charge on any atom is -0.465 e. The van der Waals surface area contributed by atoms with Gasteiger partial charge in [0.2, 0.25) is 12.5 Å². The van der Waals surface area contributed by atoms with Gasteiger partial charge in [0.25, 0.3) is 5.91 Å². The number of unbranched alkanes of at least 4 members (excludes halogenated alkanes) is 4. The summed E-state index contributed by atoms with van der Waals surface area (Å²) in [4.78, 5) is 47.2. The number of rotatable bonds is 15. The van der Waals surface area contributed by atoms with Crippen LogP contribution in [-0.4, -0.2) is 67.1 Å². The number of hydrogen-bond acceptors (Lipinski definition) is 6. The Bertz CT molecular complexity index is 916. The summed E-state index contributed by atoms with van der Waals surface area (Å²) in [6, 6.07) is 3.77. The molecule has 2 aliphatic rings. The second-order valence-electron chi connectivity index (χ2n) is 9.24. The zero-order valence-corrected chi connectivity index (χ0v) is 23.7. The molecule has 3 heterocycles. The van der Waals surface area contributed by atoms with Crippen molar-refractivity contribution in [1.29, 1.82) is 0 Å². The van der Waals surface area contributed by atoms with Crippen LogP contribution in [-0.2, 0) is 20.9 Å². The van der Waals surface area contributed by atoms with Crippen LogP contribution in [0.2, 0.25) is 0 Å². The number of methoxy groups -OCH3 is 1. The summed E-state index contributed by atoms with van der Waals surface area (Å²) in [6.45, 7) is 5.42. The van der Waals surface area contributed by atoms with Crippen molar-refractivity contribution in [3.63, 3.8) is 0 Å². The largest absolute Gasteiger partial charge is 0.465 e. The van der Waals surface area contributed by atoms with Gasteiger partial charge in [-0.2, -0.15) is 16.3 Å². The molecule has 0 radical (unpaired) electrons. The van der Waals surface area contributed by atoms with Gasteiger partial charge in [-0.3, -0.25) is 9.59 Å². The molecule has 10 nitrogen and oxygen atoms in total. The standard InChI is InChI=1S/C25H37N5O5S.C2H6/c1-35-24(33)18-9-8-14-30(15-18)16-22(32)27-13-7-3-2-6-12-26-21(31)11-5-4-10-20-23-19(17-36-20)28-25(34)29-23;1-2/h8-9,14-15,19-20,23H,2-7,10-13,16-17H2,1H3,(H3-,26,27,28,29,31,32,34);1-2H3/p+1/t19?,20-,23?;/m0./s1. The third kappa shape index (κ3) is 10.9. The van der Waals surface area contributed by atoms with Crippen LogP contribution in [0, 0.1) is 0 Å². The van der Waals surface area contributed by atoms with Gasteiger partial charge in [0.1, 0.15) is 5.56 Å². The molecule has 0 aromatic carbocycles. The van der Waals surface area contributed by atoms with Crippen LogP contribution in [0.5, 0.6) is 0 Å². The Balaban J connectivity index is 0.00000247. The van der Waals surface area contributed by atoms with E-state index < -0.39 is 5.97 Å². The van der Waals surface area contributed by atoms with Crippen molar-refractivity contribution in [2.24, 2.45) is 0 Å². The Kier molecular flexibility index (Phi) is 14.6. The number of hydrogen-bond donors (Lipinski definition) is 4. The number of thioether (sulfide) groups is 1. The average Bonchev–Trinajstić information content (AvgIpc) is 3.48. The summed E-state index contributed by atoms with van der Waals surface area (Å²) in [5.41, 5.74) is 0.402. The van der Waals surface area contributed by atoms with Crippen molar-refractivity contribution in [2.75, 3.05) is 26.0 Å². The first-order valence-corrected chi connectivity index (χ1v) is 14.8. The van der Waals surface area contributed by atoms with Gasteiger partial charge < -0.3 is 26.0 Å². The second-order valence-corrected chi connectivity index (χ2v) is 10.5. The van der Waals surface area contributed by atoms with Crippen LogP contribution in [0.3, 0.4) is 0 Å². The molecule has 0 bridgehead atoms. The van der Waals surface area contributed by atoms with Gasteiger partial charge in [-0.1, -0.05) is 33.1 Å². The molecule has 2 unspecified atom stereocenters. The van der Waals surface area contributed by atoms with Gasteiger partial charge in [0.15, 0.2) is 12.4 Å². The molecule has 2 aliphatic heterocycles. The molecule has 1 aromatic rings.